The minimum Gasteiger partial charge on any atom is -0.334 e. The van der Waals surface area contributed by atoms with Crippen molar-refractivity contribution in [3.63, 3.8) is 0 Å². The lowest BCUT2D eigenvalue weighted by Crippen LogP contribution is -2.06. The van der Waals surface area contributed by atoms with Crippen molar-refractivity contribution in [2.75, 3.05) is 10.6 Å². The van der Waals surface area contributed by atoms with Crippen LogP contribution in [-0.2, 0) is 0 Å². The second-order valence-electron chi connectivity index (χ2n) is 5.78. The Balaban J connectivity index is 1.97. The Kier molecular flexibility index (Phi) is 5.02. The van der Waals surface area contributed by atoms with E-state index in [0.717, 1.165) is 5.56 Å². The Bertz CT molecular complexity index is 1020. The van der Waals surface area contributed by atoms with Crippen molar-refractivity contribution in [2.24, 2.45) is 0 Å². The molecule has 0 radical (unpaired) electrons. The van der Waals surface area contributed by atoms with Gasteiger partial charge in [0, 0.05) is 17.4 Å². The van der Waals surface area contributed by atoms with Gasteiger partial charge in [-0.2, -0.15) is 0 Å². The molecular weight excluding hydrogens is 348 g/mol. The molecule has 0 aliphatic heterocycles. The molecule has 0 saturated carbocycles. The number of ketones is 1. The van der Waals surface area contributed by atoms with Gasteiger partial charge in [-0.3, -0.25) is 14.9 Å². The molecule has 2 heterocycles. The Morgan fingerprint density at radius 3 is 2.48 bits per heavy atom. The highest BCUT2D eigenvalue weighted by atomic mass is 16.6. The molecule has 2 aromatic heterocycles. The van der Waals surface area contributed by atoms with Gasteiger partial charge < -0.3 is 10.6 Å². The Hall–Kier alpha value is -3.88. The van der Waals surface area contributed by atoms with Gasteiger partial charge in [-0.05, 0) is 43.7 Å². The highest BCUT2D eigenvalue weighted by molar-refractivity contribution is 5.95. The Labute approximate surface area is 154 Å². The van der Waals surface area contributed by atoms with Crippen LogP contribution in [0, 0.1) is 17.0 Å². The molecule has 0 bridgehead atoms. The number of hydrogen-bond donors (Lipinski definition) is 2. The summed E-state index contributed by atoms with van der Waals surface area (Å²) in [6.45, 7) is 3.33. The van der Waals surface area contributed by atoms with Gasteiger partial charge in [-0.1, -0.05) is 12.1 Å². The summed E-state index contributed by atoms with van der Waals surface area (Å²) in [7, 11) is 0. The summed E-state index contributed by atoms with van der Waals surface area (Å²) < 4.78 is 0. The average molecular weight is 364 g/mol. The highest BCUT2D eigenvalue weighted by Gasteiger charge is 2.23. The molecular formula is C18H16N6O3. The van der Waals surface area contributed by atoms with E-state index in [1.165, 1.54) is 13.3 Å². The molecule has 0 spiro atoms. The van der Waals surface area contributed by atoms with Crippen LogP contribution in [0.3, 0.4) is 0 Å². The molecule has 27 heavy (non-hydrogen) atoms. The van der Waals surface area contributed by atoms with E-state index in [1.807, 2.05) is 13.0 Å². The summed E-state index contributed by atoms with van der Waals surface area (Å²) in [6.07, 6.45) is 2.80. The number of aromatic nitrogens is 3. The van der Waals surface area contributed by atoms with E-state index >= 15 is 0 Å². The monoisotopic (exact) mass is 364 g/mol. The van der Waals surface area contributed by atoms with E-state index in [1.54, 1.807) is 36.5 Å². The molecule has 0 aliphatic rings. The minimum atomic E-state index is -0.574. The fourth-order valence-electron chi connectivity index (χ4n) is 2.41. The van der Waals surface area contributed by atoms with Crippen LogP contribution in [0.25, 0.3) is 0 Å². The van der Waals surface area contributed by atoms with Crippen molar-refractivity contribution in [2.45, 2.75) is 13.8 Å². The van der Waals surface area contributed by atoms with Crippen molar-refractivity contribution >= 4 is 34.6 Å². The van der Waals surface area contributed by atoms with Gasteiger partial charge in [-0.25, -0.2) is 15.0 Å². The number of nitrogens with one attached hydrogen (secondary N) is 2. The second-order valence-corrected chi connectivity index (χ2v) is 5.78. The average Bonchev–Trinajstić information content (AvgIpc) is 2.62. The van der Waals surface area contributed by atoms with Gasteiger partial charge >= 0.3 is 5.69 Å². The first-order valence-corrected chi connectivity index (χ1v) is 8.01. The first-order valence-electron chi connectivity index (χ1n) is 8.01. The lowest BCUT2D eigenvalue weighted by molar-refractivity contribution is -0.383. The lowest BCUT2D eigenvalue weighted by atomic mass is 10.1. The number of anilines is 4. The van der Waals surface area contributed by atoms with Crippen molar-refractivity contribution in [1.29, 1.82) is 0 Å². The number of carbonyl (C=O) groups is 1. The van der Waals surface area contributed by atoms with Crippen LogP contribution in [0.4, 0.5) is 28.8 Å². The lowest BCUT2D eigenvalue weighted by Gasteiger charge is -2.10. The maximum Gasteiger partial charge on any atom is 0.353 e. The number of nitro groups is 1. The van der Waals surface area contributed by atoms with Crippen molar-refractivity contribution in [3.8, 4) is 0 Å². The maximum absolute atomic E-state index is 11.6. The summed E-state index contributed by atoms with van der Waals surface area (Å²) >= 11 is 0. The van der Waals surface area contributed by atoms with E-state index in [0.29, 0.717) is 17.1 Å². The van der Waals surface area contributed by atoms with Crippen LogP contribution in [0.1, 0.15) is 22.8 Å². The van der Waals surface area contributed by atoms with Crippen molar-refractivity contribution in [1.82, 2.24) is 15.0 Å². The number of benzene rings is 1. The third kappa shape index (κ3) is 4.21. The minimum absolute atomic E-state index is 0.00542. The number of pyridine rings is 1. The molecule has 0 aliphatic carbocycles. The molecule has 3 aromatic rings. The van der Waals surface area contributed by atoms with E-state index in [9.17, 15) is 14.9 Å². The number of rotatable bonds is 6. The van der Waals surface area contributed by atoms with Gasteiger partial charge in [0.05, 0.1) is 4.92 Å². The first-order chi connectivity index (χ1) is 12.9. The molecule has 2 N–H and O–H groups in total. The third-order valence-corrected chi connectivity index (χ3v) is 3.70. The topological polar surface area (TPSA) is 123 Å². The zero-order valence-electron chi connectivity index (χ0n) is 14.6. The summed E-state index contributed by atoms with van der Waals surface area (Å²) in [4.78, 5) is 34.7. The predicted molar refractivity (Wildman–Crippen MR) is 101 cm³/mol. The molecule has 0 unspecified atom stereocenters. The largest absolute Gasteiger partial charge is 0.353 e. The SMILES string of the molecule is CC(=O)c1cccc(Nc2ncnc(Nc3cc(C)ccn3)c2[N+](=O)[O-])c1. The van der Waals surface area contributed by atoms with Gasteiger partial charge in [0.15, 0.2) is 5.78 Å². The summed E-state index contributed by atoms with van der Waals surface area (Å²) in [5.74, 6) is 0.342. The van der Waals surface area contributed by atoms with Gasteiger partial charge in [0.2, 0.25) is 11.6 Å². The molecule has 1 aromatic carbocycles. The molecule has 136 valence electrons. The van der Waals surface area contributed by atoms with Gasteiger partial charge in [0.1, 0.15) is 12.1 Å². The molecule has 9 nitrogen and oxygen atoms in total. The van der Waals surface area contributed by atoms with E-state index in [2.05, 4.69) is 25.6 Å². The quantitative estimate of drug-likeness (QED) is 0.385. The number of aryl methyl sites for hydroxylation is 1. The second kappa shape index (κ2) is 7.56. The molecule has 0 amide bonds. The number of nitrogens with zero attached hydrogens (tertiary/aromatic N) is 4. The molecule has 9 heteroatoms. The molecule has 0 atom stereocenters. The van der Waals surface area contributed by atoms with Crippen LogP contribution in [-0.4, -0.2) is 25.7 Å². The Morgan fingerprint density at radius 2 is 1.81 bits per heavy atom. The normalized spacial score (nSPS) is 10.3. The third-order valence-electron chi connectivity index (χ3n) is 3.70. The van der Waals surface area contributed by atoms with Crippen LogP contribution in [0.2, 0.25) is 0 Å². The van der Waals surface area contributed by atoms with Crippen molar-refractivity contribution < 1.29 is 9.72 Å². The zero-order valence-corrected chi connectivity index (χ0v) is 14.6. The van der Waals surface area contributed by atoms with E-state index in [4.69, 9.17) is 0 Å². The van der Waals surface area contributed by atoms with E-state index in [-0.39, 0.29) is 23.1 Å². The first kappa shape index (κ1) is 17.9. The summed E-state index contributed by atoms with van der Waals surface area (Å²) in [5, 5.41) is 17.4. The maximum atomic E-state index is 11.6. The fraction of sp³-hybridized carbons (Fsp3) is 0.111. The highest BCUT2D eigenvalue weighted by Crippen LogP contribution is 2.32. The number of hydrogen-bond acceptors (Lipinski definition) is 8. The molecule has 0 fully saturated rings. The van der Waals surface area contributed by atoms with Crippen LogP contribution in [0.5, 0.6) is 0 Å². The van der Waals surface area contributed by atoms with E-state index < -0.39 is 4.92 Å². The zero-order chi connectivity index (χ0) is 19.4. The standard InChI is InChI=1S/C18H16N6O3/c1-11-6-7-19-15(8-11)23-18-16(24(26)27)17(20-10-21-18)22-14-5-3-4-13(9-14)12(2)25/h3-10H,1-2H3,(H2,19,20,21,22,23). The van der Waals surface area contributed by atoms with Crippen LogP contribution in [0.15, 0.2) is 48.9 Å². The predicted octanol–water partition coefficient (Wildman–Crippen LogP) is 3.78. The van der Waals surface area contributed by atoms with Crippen LogP contribution < -0.4 is 10.6 Å². The van der Waals surface area contributed by atoms with Gasteiger partial charge in [-0.15, -0.1) is 0 Å². The molecule has 0 saturated heterocycles. The number of Topliss-reactive ketones (excluding diaryl/α,β-unsaturated/α-hetero) is 1. The molecule has 3 rings (SSSR count). The fourth-order valence-corrected chi connectivity index (χ4v) is 2.41. The van der Waals surface area contributed by atoms with Gasteiger partial charge in [0.25, 0.3) is 0 Å². The summed E-state index contributed by atoms with van der Waals surface area (Å²) in [6, 6.07) is 10.2. The number of carbonyl (C=O) groups excluding carboxylic acids is 1. The summed E-state index contributed by atoms with van der Waals surface area (Å²) in [5.41, 5.74) is 1.61. The van der Waals surface area contributed by atoms with Crippen LogP contribution >= 0.6 is 0 Å². The smallest absolute Gasteiger partial charge is 0.334 e. The van der Waals surface area contributed by atoms with Crippen molar-refractivity contribution in [3.05, 3.63) is 70.2 Å². The Morgan fingerprint density at radius 1 is 1.07 bits per heavy atom.